The summed E-state index contributed by atoms with van der Waals surface area (Å²) in [7, 11) is 0. The number of nitrogens with zero attached hydrogens (tertiary/aromatic N) is 3. The molecule has 1 unspecified atom stereocenters. The fraction of sp³-hybridized carbons (Fsp3) is 0.600. The van der Waals surface area contributed by atoms with Crippen LogP contribution in [0.1, 0.15) is 61.2 Å². The van der Waals surface area contributed by atoms with Crippen LogP contribution in [0, 0.1) is 0 Å². The highest BCUT2D eigenvalue weighted by Crippen LogP contribution is 2.27. The van der Waals surface area contributed by atoms with E-state index in [2.05, 4.69) is 59.2 Å². The van der Waals surface area contributed by atoms with Crippen LogP contribution in [0.5, 0.6) is 0 Å². The summed E-state index contributed by atoms with van der Waals surface area (Å²) >= 11 is 3.58. The molecule has 1 fully saturated rings. The first kappa shape index (κ1) is 23.6. The lowest BCUT2D eigenvalue weighted by Crippen LogP contribution is -2.42. The predicted molar refractivity (Wildman–Crippen MR) is 132 cm³/mol. The Morgan fingerprint density at radius 3 is 2.64 bits per heavy atom. The van der Waals surface area contributed by atoms with Gasteiger partial charge in [0.25, 0.3) is 0 Å². The third-order valence-electron chi connectivity index (χ3n) is 4.72. The van der Waals surface area contributed by atoms with Crippen LogP contribution >= 0.6 is 46.7 Å². The third kappa shape index (κ3) is 6.67. The topological polar surface area (TPSA) is 52.6 Å². The van der Waals surface area contributed by atoms with E-state index >= 15 is 0 Å². The van der Waals surface area contributed by atoms with Crippen LogP contribution in [0.15, 0.2) is 27.9 Å². The number of thiophene rings is 1. The molecule has 2 aromatic rings. The van der Waals surface area contributed by atoms with Gasteiger partial charge in [0.15, 0.2) is 5.96 Å². The Bertz CT molecular complexity index is 708. The minimum Gasteiger partial charge on any atom is -0.357 e. The second kappa shape index (κ2) is 12.1. The summed E-state index contributed by atoms with van der Waals surface area (Å²) in [4.78, 5) is 13.5. The van der Waals surface area contributed by atoms with E-state index in [1.807, 2.05) is 11.3 Å². The number of hydrogen-bond donors (Lipinski definition) is 2. The monoisotopic (exact) mass is 533 g/mol. The first-order valence-electron chi connectivity index (χ1n) is 9.91. The molecule has 28 heavy (non-hydrogen) atoms. The molecule has 0 aliphatic carbocycles. The third-order valence-corrected chi connectivity index (χ3v) is 6.89. The molecule has 1 aliphatic rings. The van der Waals surface area contributed by atoms with Crippen molar-refractivity contribution in [3.63, 3.8) is 0 Å². The van der Waals surface area contributed by atoms with Gasteiger partial charge < -0.3 is 10.6 Å². The molecule has 1 aliphatic heterocycles. The molecule has 3 heterocycles. The Balaban J connectivity index is 0.00000280. The molecule has 0 saturated carbocycles. The van der Waals surface area contributed by atoms with Gasteiger partial charge in [-0.3, -0.25) is 4.90 Å². The minimum atomic E-state index is 0. The van der Waals surface area contributed by atoms with Gasteiger partial charge in [0.2, 0.25) is 0 Å². The van der Waals surface area contributed by atoms with E-state index < -0.39 is 0 Å². The van der Waals surface area contributed by atoms with Gasteiger partial charge in [0.1, 0.15) is 0 Å². The maximum Gasteiger partial charge on any atom is 0.191 e. The van der Waals surface area contributed by atoms with E-state index in [0.717, 1.165) is 24.7 Å². The largest absolute Gasteiger partial charge is 0.357 e. The Morgan fingerprint density at radius 1 is 1.25 bits per heavy atom. The molecule has 0 aromatic carbocycles. The minimum absolute atomic E-state index is 0. The Labute approximate surface area is 194 Å². The lowest BCUT2D eigenvalue weighted by atomic mass is 10.2. The zero-order chi connectivity index (χ0) is 19.1. The number of aliphatic imine (C=N–C) groups is 1. The molecule has 0 amide bonds. The molecular weight excluding hydrogens is 501 g/mol. The van der Waals surface area contributed by atoms with Gasteiger partial charge in [0.05, 0.1) is 23.3 Å². The number of thiazole rings is 1. The van der Waals surface area contributed by atoms with Gasteiger partial charge in [-0.25, -0.2) is 9.98 Å². The second-order valence-electron chi connectivity index (χ2n) is 7.18. The van der Waals surface area contributed by atoms with E-state index in [-0.39, 0.29) is 24.0 Å². The van der Waals surface area contributed by atoms with Crippen LogP contribution < -0.4 is 10.6 Å². The van der Waals surface area contributed by atoms with Crippen molar-refractivity contribution >= 4 is 52.6 Å². The summed E-state index contributed by atoms with van der Waals surface area (Å²) in [5, 5.41) is 12.4. The van der Waals surface area contributed by atoms with Crippen molar-refractivity contribution in [1.82, 2.24) is 20.5 Å². The van der Waals surface area contributed by atoms with Crippen molar-refractivity contribution in [3.8, 4) is 0 Å². The molecule has 156 valence electrons. The van der Waals surface area contributed by atoms with Gasteiger partial charge >= 0.3 is 0 Å². The lowest BCUT2D eigenvalue weighted by molar-refractivity contribution is 0.249. The van der Waals surface area contributed by atoms with E-state index in [0.29, 0.717) is 18.5 Å². The summed E-state index contributed by atoms with van der Waals surface area (Å²) < 4.78 is 0. The number of hydrogen-bond acceptors (Lipinski definition) is 5. The average Bonchev–Trinajstić information content (AvgIpc) is 3.42. The first-order valence-corrected chi connectivity index (χ1v) is 11.7. The van der Waals surface area contributed by atoms with E-state index in [4.69, 9.17) is 9.98 Å². The average molecular weight is 534 g/mol. The molecule has 8 heteroatoms. The predicted octanol–water partition coefficient (Wildman–Crippen LogP) is 4.84. The Morgan fingerprint density at radius 2 is 2.04 bits per heavy atom. The van der Waals surface area contributed by atoms with E-state index in [1.165, 1.54) is 35.8 Å². The summed E-state index contributed by atoms with van der Waals surface area (Å²) in [6.45, 7) is 11.2. The summed E-state index contributed by atoms with van der Waals surface area (Å²) in [5.41, 5.74) is 1.05. The molecule has 0 spiro atoms. The second-order valence-corrected chi connectivity index (χ2v) is 9.05. The van der Waals surface area contributed by atoms with E-state index in [9.17, 15) is 0 Å². The molecule has 3 rings (SSSR count). The van der Waals surface area contributed by atoms with Gasteiger partial charge in [-0.1, -0.05) is 19.9 Å². The van der Waals surface area contributed by atoms with E-state index in [1.54, 1.807) is 11.3 Å². The van der Waals surface area contributed by atoms with Crippen molar-refractivity contribution in [2.24, 2.45) is 4.99 Å². The summed E-state index contributed by atoms with van der Waals surface area (Å²) in [5.74, 6) is 1.35. The number of rotatable bonds is 8. The maximum atomic E-state index is 4.76. The zero-order valence-corrected chi connectivity index (χ0v) is 20.9. The fourth-order valence-electron chi connectivity index (χ4n) is 3.30. The van der Waals surface area contributed by atoms with Crippen molar-refractivity contribution < 1.29 is 0 Å². The van der Waals surface area contributed by atoms with Gasteiger partial charge in [-0.05, 0) is 44.3 Å². The molecule has 1 atom stereocenters. The quantitative estimate of drug-likeness (QED) is 0.290. The van der Waals surface area contributed by atoms with Crippen molar-refractivity contribution in [2.75, 3.05) is 26.2 Å². The van der Waals surface area contributed by atoms with Crippen LogP contribution in [0.25, 0.3) is 0 Å². The van der Waals surface area contributed by atoms with Crippen LogP contribution in [0.2, 0.25) is 0 Å². The SMILES string of the molecule is CCNC(=NCc1csc(C(C)C)n1)NCC(c1cccs1)N1CCCC1.I. The summed E-state index contributed by atoms with van der Waals surface area (Å²) in [6.07, 6.45) is 2.61. The first-order chi connectivity index (χ1) is 13.2. The molecule has 2 aromatic heterocycles. The molecule has 1 saturated heterocycles. The highest BCUT2D eigenvalue weighted by Gasteiger charge is 2.24. The van der Waals surface area contributed by atoms with Crippen molar-refractivity contribution in [3.05, 3.63) is 38.5 Å². The zero-order valence-electron chi connectivity index (χ0n) is 17.0. The molecule has 0 bridgehead atoms. The van der Waals surface area contributed by atoms with Crippen LogP contribution in [0.4, 0.5) is 0 Å². The maximum absolute atomic E-state index is 4.76. The normalized spacial score (nSPS) is 16.2. The molecular formula is C20H32IN5S2. The van der Waals surface area contributed by atoms with Crippen LogP contribution in [0.3, 0.4) is 0 Å². The summed E-state index contributed by atoms with van der Waals surface area (Å²) in [6, 6.07) is 4.82. The highest BCUT2D eigenvalue weighted by atomic mass is 127. The van der Waals surface area contributed by atoms with Gasteiger partial charge in [-0.15, -0.1) is 46.7 Å². The number of halogens is 1. The smallest absolute Gasteiger partial charge is 0.191 e. The molecule has 2 N–H and O–H groups in total. The standard InChI is InChI=1S/C20H31N5S2.HI/c1-4-21-20(22-12-16-14-27-19(24-16)15(2)3)23-13-17(18-8-7-11-26-18)25-9-5-6-10-25;/h7-8,11,14-15,17H,4-6,9-10,12-13H2,1-3H3,(H2,21,22,23);1H. The Kier molecular flexibility index (Phi) is 10.2. The lowest BCUT2D eigenvalue weighted by Gasteiger charge is -2.27. The fourth-order valence-corrected chi connectivity index (χ4v) is 4.99. The van der Waals surface area contributed by atoms with Crippen molar-refractivity contribution in [2.45, 2.75) is 52.1 Å². The number of guanidine groups is 1. The van der Waals surface area contributed by atoms with Gasteiger partial charge in [0, 0.05) is 29.3 Å². The molecule has 0 radical (unpaired) electrons. The number of nitrogens with one attached hydrogen (secondary N) is 2. The van der Waals surface area contributed by atoms with Crippen LogP contribution in [-0.2, 0) is 6.54 Å². The van der Waals surface area contributed by atoms with Crippen LogP contribution in [-0.4, -0.2) is 42.0 Å². The number of likely N-dealkylation sites (tertiary alicyclic amines) is 1. The van der Waals surface area contributed by atoms with Crippen molar-refractivity contribution in [1.29, 1.82) is 0 Å². The molecule has 5 nitrogen and oxygen atoms in total. The van der Waals surface area contributed by atoms with Gasteiger partial charge in [-0.2, -0.15) is 0 Å². The number of aromatic nitrogens is 1. The highest BCUT2D eigenvalue weighted by molar-refractivity contribution is 14.0. The Hall–Kier alpha value is -0.710.